The van der Waals surface area contributed by atoms with E-state index in [4.69, 9.17) is 16.3 Å². The highest BCUT2D eigenvalue weighted by Crippen LogP contribution is 2.04. The van der Waals surface area contributed by atoms with Gasteiger partial charge in [-0.3, -0.25) is 4.79 Å². The minimum atomic E-state index is -0.214. The largest absolute Gasteiger partial charge is 0.385 e. The van der Waals surface area contributed by atoms with Gasteiger partial charge in [0.2, 0.25) is 0 Å². The summed E-state index contributed by atoms with van der Waals surface area (Å²) in [6, 6.07) is 4.94. The van der Waals surface area contributed by atoms with Gasteiger partial charge in [-0.1, -0.05) is 17.7 Å². The lowest BCUT2D eigenvalue weighted by Crippen LogP contribution is -2.26. The molecule has 5 heteroatoms. The highest BCUT2D eigenvalue weighted by Gasteiger charge is 2.05. The van der Waals surface area contributed by atoms with Gasteiger partial charge >= 0.3 is 0 Å². The molecule has 1 rings (SSSR count). The number of nitrogens with one attached hydrogen (secondary N) is 1. The quantitative estimate of drug-likeness (QED) is 0.614. The molecule has 1 amide bonds. The van der Waals surface area contributed by atoms with E-state index in [0.29, 0.717) is 24.0 Å². The van der Waals surface area contributed by atoms with E-state index >= 15 is 0 Å². The van der Waals surface area contributed by atoms with Gasteiger partial charge in [0.05, 0.1) is 0 Å². The van der Waals surface area contributed by atoms with Crippen LogP contribution in [-0.2, 0) is 4.74 Å². The lowest BCUT2D eigenvalue weighted by molar-refractivity contribution is 0.0943. The molecule has 0 atom stereocenters. The fraction of sp³-hybridized carbons (Fsp3) is 0.400. The molecule has 1 aromatic rings. The maximum atomic E-state index is 11.5. The Labute approximate surface area is 93.6 Å². The predicted octanol–water partition coefficient (Wildman–Crippen LogP) is 1.50. The van der Waals surface area contributed by atoms with Crippen molar-refractivity contribution in [2.75, 3.05) is 20.3 Å². The van der Waals surface area contributed by atoms with Crippen molar-refractivity contribution in [2.45, 2.75) is 6.42 Å². The van der Waals surface area contributed by atoms with E-state index in [9.17, 15) is 4.79 Å². The average molecular weight is 229 g/mol. The van der Waals surface area contributed by atoms with E-state index in [1.165, 1.54) is 0 Å². The molecule has 15 heavy (non-hydrogen) atoms. The van der Waals surface area contributed by atoms with Crippen LogP contribution in [0, 0.1) is 0 Å². The molecule has 0 aliphatic rings. The van der Waals surface area contributed by atoms with Crippen LogP contribution in [0.25, 0.3) is 0 Å². The van der Waals surface area contributed by atoms with Crippen molar-refractivity contribution in [3.05, 3.63) is 29.0 Å². The molecular weight excluding hydrogens is 216 g/mol. The fourth-order valence-corrected chi connectivity index (χ4v) is 1.21. The summed E-state index contributed by atoms with van der Waals surface area (Å²) in [5, 5.41) is 3.04. The van der Waals surface area contributed by atoms with Gasteiger partial charge in [-0.25, -0.2) is 4.98 Å². The smallest absolute Gasteiger partial charge is 0.269 e. The molecule has 4 nitrogen and oxygen atoms in total. The Bertz CT molecular complexity index is 331. The second kappa shape index (κ2) is 6.37. The van der Waals surface area contributed by atoms with Gasteiger partial charge in [0.15, 0.2) is 0 Å². The highest BCUT2D eigenvalue weighted by molar-refractivity contribution is 6.29. The number of nitrogens with zero attached hydrogens (tertiary/aromatic N) is 1. The lowest BCUT2D eigenvalue weighted by Gasteiger charge is -2.03. The number of hydrogen-bond donors (Lipinski definition) is 1. The standard InChI is InChI=1S/C10H13ClN2O2/c1-15-7-3-6-12-10(14)8-4-2-5-9(11)13-8/h2,4-5H,3,6-7H2,1H3,(H,12,14). The zero-order valence-electron chi connectivity index (χ0n) is 8.50. The van der Waals surface area contributed by atoms with Crippen molar-refractivity contribution in [1.82, 2.24) is 10.3 Å². The van der Waals surface area contributed by atoms with E-state index in [-0.39, 0.29) is 5.91 Å². The Hall–Kier alpha value is -1.13. The first-order valence-corrected chi connectivity index (χ1v) is 5.01. The van der Waals surface area contributed by atoms with Crippen LogP contribution in [0.3, 0.4) is 0 Å². The Morgan fingerprint density at radius 2 is 2.40 bits per heavy atom. The molecule has 82 valence electrons. The minimum Gasteiger partial charge on any atom is -0.385 e. The first-order valence-electron chi connectivity index (χ1n) is 4.63. The van der Waals surface area contributed by atoms with Crippen molar-refractivity contribution < 1.29 is 9.53 Å². The van der Waals surface area contributed by atoms with Gasteiger partial charge < -0.3 is 10.1 Å². The number of aromatic nitrogens is 1. The van der Waals surface area contributed by atoms with E-state index in [0.717, 1.165) is 6.42 Å². The molecule has 0 bridgehead atoms. The summed E-state index contributed by atoms with van der Waals surface area (Å²) in [6.45, 7) is 1.20. The molecule has 0 aliphatic carbocycles. The van der Waals surface area contributed by atoms with Gasteiger partial charge in [0.1, 0.15) is 10.8 Å². The van der Waals surface area contributed by atoms with Crippen LogP contribution in [0.5, 0.6) is 0 Å². The molecule has 0 fully saturated rings. The van der Waals surface area contributed by atoms with E-state index in [1.807, 2.05) is 0 Å². The summed E-state index contributed by atoms with van der Waals surface area (Å²) in [5.41, 5.74) is 0.333. The monoisotopic (exact) mass is 228 g/mol. The summed E-state index contributed by atoms with van der Waals surface area (Å²) in [4.78, 5) is 15.4. The topological polar surface area (TPSA) is 51.2 Å². The summed E-state index contributed by atoms with van der Waals surface area (Å²) in [5.74, 6) is -0.214. The van der Waals surface area contributed by atoms with Gasteiger partial charge in [0, 0.05) is 20.3 Å². The van der Waals surface area contributed by atoms with Crippen molar-refractivity contribution in [3.8, 4) is 0 Å². The van der Waals surface area contributed by atoms with Gasteiger partial charge in [-0.2, -0.15) is 0 Å². The number of methoxy groups -OCH3 is 1. The molecule has 0 saturated heterocycles. The minimum absolute atomic E-state index is 0.214. The number of ether oxygens (including phenoxy) is 1. The molecule has 0 aromatic carbocycles. The molecule has 1 heterocycles. The van der Waals surface area contributed by atoms with Crippen LogP contribution < -0.4 is 5.32 Å². The molecule has 0 spiro atoms. The number of pyridine rings is 1. The first-order chi connectivity index (χ1) is 7.24. The fourth-order valence-electron chi connectivity index (χ4n) is 1.04. The van der Waals surface area contributed by atoms with Crippen molar-refractivity contribution >= 4 is 17.5 Å². The van der Waals surface area contributed by atoms with E-state index < -0.39 is 0 Å². The van der Waals surface area contributed by atoms with Crippen LogP contribution in [0.4, 0.5) is 0 Å². The zero-order valence-corrected chi connectivity index (χ0v) is 9.25. The van der Waals surface area contributed by atoms with Crippen LogP contribution in [0.1, 0.15) is 16.9 Å². The third-order valence-corrected chi connectivity index (χ3v) is 1.97. The predicted molar refractivity (Wildman–Crippen MR) is 58.1 cm³/mol. The molecule has 0 unspecified atom stereocenters. The summed E-state index contributed by atoms with van der Waals surface area (Å²) >= 11 is 5.66. The average Bonchev–Trinajstić information content (AvgIpc) is 2.24. The summed E-state index contributed by atoms with van der Waals surface area (Å²) < 4.78 is 4.86. The SMILES string of the molecule is COCCCNC(=O)c1cccc(Cl)n1. The lowest BCUT2D eigenvalue weighted by atomic mass is 10.3. The summed E-state index contributed by atoms with van der Waals surface area (Å²) in [6.07, 6.45) is 0.781. The normalized spacial score (nSPS) is 10.0. The zero-order chi connectivity index (χ0) is 11.1. The van der Waals surface area contributed by atoms with Crippen molar-refractivity contribution in [3.63, 3.8) is 0 Å². The van der Waals surface area contributed by atoms with Gasteiger partial charge in [-0.15, -0.1) is 0 Å². The molecule has 0 radical (unpaired) electrons. The Kier molecular flexibility index (Phi) is 5.07. The van der Waals surface area contributed by atoms with Gasteiger partial charge in [0.25, 0.3) is 5.91 Å². The molecule has 0 saturated carbocycles. The number of carbonyl (C=O) groups excluding carboxylic acids is 1. The van der Waals surface area contributed by atoms with Crippen LogP contribution >= 0.6 is 11.6 Å². The molecule has 1 N–H and O–H groups in total. The Morgan fingerprint density at radius 3 is 3.07 bits per heavy atom. The molecule has 1 aromatic heterocycles. The molecule has 0 aliphatic heterocycles. The first kappa shape index (κ1) is 11.9. The molecular formula is C10H13ClN2O2. The van der Waals surface area contributed by atoms with Crippen LogP contribution in [0.15, 0.2) is 18.2 Å². The maximum Gasteiger partial charge on any atom is 0.269 e. The number of rotatable bonds is 5. The number of hydrogen-bond acceptors (Lipinski definition) is 3. The second-order valence-electron chi connectivity index (χ2n) is 2.95. The number of amides is 1. The number of carbonyl (C=O) groups is 1. The van der Waals surface area contributed by atoms with Crippen LogP contribution in [-0.4, -0.2) is 31.2 Å². The maximum absolute atomic E-state index is 11.5. The number of halogens is 1. The second-order valence-corrected chi connectivity index (χ2v) is 3.34. The third kappa shape index (κ3) is 4.27. The van der Waals surface area contributed by atoms with Crippen LogP contribution in [0.2, 0.25) is 5.15 Å². The van der Waals surface area contributed by atoms with Crippen molar-refractivity contribution in [2.24, 2.45) is 0 Å². The van der Waals surface area contributed by atoms with Crippen molar-refractivity contribution in [1.29, 1.82) is 0 Å². The summed E-state index contributed by atoms with van der Waals surface area (Å²) in [7, 11) is 1.63. The van der Waals surface area contributed by atoms with E-state index in [2.05, 4.69) is 10.3 Å². The van der Waals surface area contributed by atoms with E-state index in [1.54, 1.807) is 25.3 Å². The Balaban J connectivity index is 2.40. The van der Waals surface area contributed by atoms with Gasteiger partial charge in [-0.05, 0) is 18.6 Å². The third-order valence-electron chi connectivity index (χ3n) is 1.76. The Morgan fingerprint density at radius 1 is 1.60 bits per heavy atom. The highest BCUT2D eigenvalue weighted by atomic mass is 35.5.